The van der Waals surface area contributed by atoms with Crippen LogP contribution in [0.2, 0.25) is 0 Å². The van der Waals surface area contributed by atoms with Crippen LogP contribution in [0.4, 0.5) is 8.78 Å². The average Bonchev–Trinajstić information content (AvgIpc) is 2.60. The van der Waals surface area contributed by atoms with E-state index >= 15 is 0 Å². The number of esters is 1. The third-order valence-corrected chi connectivity index (χ3v) is 2.00. The standard InChI is InChI=1S/C8H10ClF2N3O2/c1-2-16-8(15)7-5(3-9)14(13-12-7)4-6(10)11/h6H,2-4H2,1H3. The van der Waals surface area contributed by atoms with Crippen LogP contribution in [-0.4, -0.2) is 34.0 Å². The van der Waals surface area contributed by atoms with Gasteiger partial charge in [-0.15, -0.1) is 16.7 Å². The van der Waals surface area contributed by atoms with Crippen molar-refractivity contribution in [1.29, 1.82) is 0 Å². The number of halogens is 3. The Bertz CT molecular complexity index is 370. The monoisotopic (exact) mass is 253 g/mol. The van der Waals surface area contributed by atoms with Gasteiger partial charge in [-0.05, 0) is 6.92 Å². The van der Waals surface area contributed by atoms with Crippen molar-refractivity contribution in [3.8, 4) is 0 Å². The van der Waals surface area contributed by atoms with E-state index in [9.17, 15) is 13.6 Å². The molecule has 0 unspecified atom stereocenters. The number of nitrogens with zero attached hydrogens (tertiary/aromatic N) is 3. The van der Waals surface area contributed by atoms with Crippen LogP contribution in [0.25, 0.3) is 0 Å². The molecule has 0 aliphatic heterocycles. The van der Waals surface area contributed by atoms with Gasteiger partial charge in [0.05, 0.1) is 18.2 Å². The van der Waals surface area contributed by atoms with Gasteiger partial charge in [-0.25, -0.2) is 18.3 Å². The molecule has 8 heteroatoms. The molecule has 0 saturated carbocycles. The molecule has 1 aromatic heterocycles. The summed E-state index contributed by atoms with van der Waals surface area (Å²) in [5, 5.41) is 6.91. The van der Waals surface area contributed by atoms with Crippen molar-refractivity contribution in [2.24, 2.45) is 0 Å². The molecule has 0 fully saturated rings. The van der Waals surface area contributed by atoms with Gasteiger partial charge in [-0.2, -0.15) is 0 Å². The van der Waals surface area contributed by atoms with Gasteiger partial charge in [-0.3, -0.25) is 0 Å². The maximum Gasteiger partial charge on any atom is 0.360 e. The molecule has 1 heterocycles. The third-order valence-electron chi connectivity index (χ3n) is 1.74. The molecule has 1 aromatic rings. The van der Waals surface area contributed by atoms with Crippen LogP contribution >= 0.6 is 11.6 Å². The van der Waals surface area contributed by atoms with E-state index in [1.165, 1.54) is 0 Å². The molecule has 90 valence electrons. The third kappa shape index (κ3) is 2.88. The minimum absolute atomic E-state index is 0.113. The molecule has 0 aliphatic rings. The van der Waals surface area contributed by atoms with E-state index in [1.807, 2.05) is 0 Å². The SMILES string of the molecule is CCOC(=O)c1nnn(CC(F)F)c1CCl. The molecule has 0 N–H and O–H groups in total. The number of ether oxygens (including phenoxy) is 1. The predicted molar refractivity (Wildman–Crippen MR) is 51.5 cm³/mol. The largest absolute Gasteiger partial charge is 0.461 e. The Morgan fingerprint density at radius 1 is 1.62 bits per heavy atom. The Hall–Kier alpha value is -1.24. The molecule has 0 saturated heterocycles. The predicted octanol–water partition coefficient (Wildman–Crippen LogP) is 1.46. The van der Waals surface area contributed by atoms with Crippen molar-refractivity contribution >= 4 is 17.6 Å². The Morgan fingerprint density at radius 2 is 2.31 bits per heavy atom. The quantitative estimate of drug-likeness (QED) is 0.589. The lowest BCUT2D eigenvalue weighted by Gasteiger charge is -2.03. The number of aromatic nitrogens is 3. The van der Waals surface area contributed by atoms with Gasteiger partial charge < -0.3 is 4.74 Å². The molecule has 0 radical (unpaired) electrons. The maximum atomic E-state index is 12.1. The fourth-order valence-corrected chi connectivity index (χ4v) is 1.36. The molecule has 0 amide bonds. The van der Waals surface area contributed by atoms with E-state index in [1.54, 1.807) is 6.92 Å². The first kappa shape index (κ1) is 12.8. The van der Waals surface area contributed by atoms with Crippen molar-refractivity contribution in [1.82, 2.24) is 15.0 Å². The van der Waals surface area contributed by atoms with E-state index in [0.717, 1.165) is 4.68 Å². The van der Waals surface area contributed by atoms with Gasteiger partial charge in [0.25, 0.3) is 6.43 Å². The highest BCUT2D eigenvalue weighted by Gasteiger charge is 2.21. The molecule has 0 aliphatic carbocycles. The highest BCUT2D eigenvalue weighted by atomic mass is 35.5. The first-order valence-electron chi connectivity index (χ1n) is 4.53. The number of rotatable bonds is 5. The maximum absolute atomic E-state index is 12.1. The summed E-state index contributed by atoms with van der Waals surface area (Å²) < 4.78 is 29.9. The van der Waals surface area contributed by atoms with Crippen molar-refractivity contribution in [3.05, 3.63) is 11.4 Å². The molecule has 0 bridgehead atoms. The molecular weight excluding hydrogens is 244 g/mol. The van der Waals surface area contributed by atoms with Crippen molar-refractivity contribution in [2.45, 2.75) is 25.8 Å². The van der Waals surface area contributed by atoms with E-state index in [2.05, 4.69) is 15.0 Å². The molecule has 5 nitrogen and oxygen atoms in total. The van der Waals surface area contributed by atoms with Crippen LogP contribution in [0.3, 0.4) is 0 Å². The zero-order chi connectivity index (χ0) is 12.1. The second-order valence-corrected chi connectivity index (χ2v) is 3.08. The van der Waals surface area contributed by atoms with Crippen LogP contribution in [-0.2, 0) is 17.2 Å². The van der Waals surface area contributed by atoms with Crippen LogP contribution in [0.5, 0.6) is 0 Å². The minimum atomic E-state index is -2.58. The summed E-state index contributed by atoms with van der Waals surface area (Å²) in [7, 11) is 0. The second-order valence-electron chi connectivity index (χ2n) is 2.81. The first-order chi connectivity index (χ1) is 7.60. The molecule has 1 rings (SSSR count). The summed E-state index contributed by atoms with van der Waals surface area (Å²) in [6.45, 7) is 1.15. The molecule has 0 atom stereocenters. The average molecular weight is 254 g/mol. The normalized spacial score (nSPS) is 10.8. The molecule has 0 aromatic carbocycles. The van der Waals surface area contributed by atoms with E-state index < -0.39 is 18.9 Å². The second kappa shape index (κ2) is 5.74. The van der Waals surface area contributed by atoms with Gasteiger partial charge in [-0.1, -0.05) is 5.21 Å². The zero-order valence-corrected chi connectivity index (χ0v) is 9.25. The summed E-state index contributed by atoms with van der Waals surface area (Å²) in [6.07, 6.45) is -2.58. The summed E-state index contributed by atoms with van der Waals surface area (Å²) in [4.78, 5) is 11.3. The highest BCUT2D eigenvalue weighted by Crippen LogP contribution is 2.12. The lowest BCUT2D eigenvalue weighted by atomic mass is 10.3. The van der Waals surface area contributed by atoms with Crippen LogP contribution in [0.1, 0.15) is 23.1 Å². The van der Waals surface area contributed by atoms with E-state index in [4.69, 9.17) is 11.6 Å². The fraction of sp³-hybridized carbons (Fsp3) is 0.625. The number of carbonyl (C=O) groups is 1. The van der Waals surface area contributed by atoms with Gasteiger partial charge >= 0.3 is 5.97 Å². The number of alkyl halides is 3. The molecular formula is C8H10ClF2N3O2. The Balaban J connectivity index is 2.94. The van der Waals surface area contributed by atoms with E-state index in [0.29, 0.717) is 0 Å². The summed E-state index contributed by atoms with van der Waals surface area (Å²) >= 11 is 5.55. The number of hydrogen-bond donors (Lipinski definition) is 0. The van der Waals surface area contributed by atoms with E-state index in [-0.39, 0.29) is 23.9 Å². The van der Waals surface area contributed by atoms with Gasteiger partial charge in [0.2, 0.25) is 0 Å². The summed E-state index contributed by atoms with van der Waals surface area (Å²) in [6, 6.07) is 0. The highest BCUT2D eigenvalue weighted by molar-refractivity contribution is 6.17. The van der Waals surface area contributed by atoms with Gasteiger partial charge in [0.15, 0.2) is 5.69 Å². The van der Waals surface area contributed by atoms with Crippen molar-refractivity contribution in [2.75, 3.05) is 6.61 Å². The van der Waals surface area contributed by atoms with Crippen LogP contribution < -0.4 is 0 Å². The minimum Gasteiger partial charge on any atom is -0.461 e. The van der Waals surface area contributed by atoms with Crippen molar-refractivity contribution < 1.29 is 18.3 Å². The van der Waals surface area contributed by atoms with Gasteiger partial charge in [0, 0.05) is 0 Å². The van der Waals surface area contributed by atoms with Gasteiger partial charge in [0.1, 0.15) is 6.54 Å². The smallest absolute Gasteiger partial charge is 0.360 e. The van der Waals surface area contributed by atoms with Crippen molar-refractivity contribution in [3.63, 3.8) is 0 Å². The lowest BCUT2D eigenvalue weighted by Crippen LogP contribution is -2.13. The van der Waals surface area contributed by atoms with Crippen LogP contribution in [0.15, 0.2) is 0 Å². The first-order valence-corrected chi connectivity index (χ1v) is 5.07. The Morgan fingerprint density at radius 3 is 2.81 bits per heavy atom. The zero-order valence-electron chi connectivity index (χ0n) is 8.49. The molecule has 16 heavy (non-hydrogen) atoms. The van der Waals surface area contributed by atoms with Crippen LogP contribution in [0, 0.1) is 0 Å². The topological polar surface area (TPSA) is 57.0 Å². The summed E-state index contributed by atoms with van der Waals surface area (Å²) in [5.74, 6) is -0.841. The Labute approximate surface area is 95.3 Å². The lowest BCUT2D eigenvalue weighted by molar-refractivity contribution is 0.0518. The molecule has 0 spiro atoms. The fourth-order valence-electron chi connectivity index (χ4n) is 1.10. The summed E-state index contributed by atoms with van der Waals surface area (Å²) in [5.41, 5.74) is 0.0258. The Kier molecular flexibility index (Phi) is 4.60. The number of hydrogen-bond acceptors (Lipinski definition) is 4. The number of carbonyl (C=O) groups excluding carboxylic acids is 1.